The maximum Gasteiger partial charge on any atom is 0.271 e. The molecule has 0 fully saturated rings. The third-order valence-corrected chi connectivity index (χ3v) is 4.18. The number of carbonyl (C=O) groups is 1. The van der Waals surface area contributed by atoms with Crippen molar-refractivity contribution in [2.24, 2.45) is 0 Å². The molecular weight excluding hydrogens is 324 g/mol. The molecule has 2 aromatic carbocycles. The van der Waals surface area contributed by atoms with E-state index in [9.17, 15) is 14.9 Å². The van der Waals surface area contributed by atoms with E-state index >= 15 is 0 Å². The topological polar surface area (TPSA) is 90.7 Å². The van der Waals surface area contributed by atoms with E-state index in [1.54, 1.807) is 0 Å². The van der Waals surface area contributed by atoms with Crippen LogP contribution in [0.1, 0.15) is 24.3 Å². The van der Waals surface area contributed by atoms with Gasteiger partial charge in [0.15, 0.2) is 0 Å². The number of nitrogens with one attached hydrogen (secondary N) is 1. The SMILES string of the molecule is COc1ccc([N+](=O)[O-])cc1NC(=O)CC1CCOc2ccccc21. The van der Waals surface area contributed by atoms with Gasteiger partial charge in [0.1, 0.15) is 11.5 Å². The predicted molar refractivity (Wildman–Crippen MR) is 92.2 cm³/mol. The highest BCUT2D eigenvalue weighted by molar-refractivity contribution is 5.93. The fraction of sp³-hybridized carbons (Fsp3) is 0.278. The van der Waals surface area contributed by atoms with Crippen molar-refractivity contribution in [1.82, 2.24) is 0 Å². The maximum atomic E-state index is 12.5. The fourth-order valence-electron chi connectivity index (χ4n) is 2.96. The molecule has 1 unspecified atom stereocenters. The van der Waals surface area contributed by atoms with E-state index in [1.807, 2.05) is 24.3 Å². The second kappa shape index (κ2) is 7.21. The van der Waals surface area contributed by atoms with Gasteiger partial charge in [0.25, 0.3) is 5.69 Å². The molecule has 1 amide bonds. The lowest BCUT2D eigenvalue weighted by Crippen LogP contribution is -2.21. The van der Waals surface area contributed by atoms with Crippen LogP contribution in [0.3, 0.4) is 0 Å². The molecule has 0 aliphatic carbocycles. The lowest BCUT2D eigenvalue weighted by molar-refractivity contribution is -0.384. The van der Waals surface area contributed by atoms with Gasteiger partial charge in [-0.15, -0.1) is 0 Å². The van der Waals surface area contributed by atoms with Crippen LogP contribution in [0.2, 0.25) is 0 Å². The van der Waals surface area contributed by atoms with Crippen LogP contribution in [-0.2, 0) is 4.79 Å². The first kappa shape index (κ1) is 16.8. The molecule has 0 radical (unpaired) electrons. The van der Waals surface area contributed by atoms with Crippen LogP contribution in [0, 0.1) is 10.1 Å². The third kappa shape index (κ3) is 3.71. The molecule has 130 valence electrons. The molecule has 0 saturated carbocycles. The van der Waals surface area contributed by atoms with Crippen molar-refractivity contribution in [2.45, 2.75) is 18.8 Å². The number of methoxy groups -OCH3 is 1. The predicted octanol–water partition coefficient (Wildman–Crippen LogP) is 3.50. The standard InChI is InChI=1S/C18H18N2O5/c1-24-17-7-6-13(20(22)23)11-15(17)19-18(21)10-12-8-9-25-16-5-3-2-4-14(12)16/h2-7,11-12H,8-10H2,1H3,(H,19,21). The summed E-state index contributed by atoms with van der Waals surface area (Å²) in [6.07, 6.45) is 1.02. The van der Waals surface area contributed by atoms with Crippen molar-refractivity contribution in [3.8, 4) is 11.5 Å². The highest BCUT2D eigenvalue weighted by Crippen LogP contribution is 2.36. The molecule has 1 aliphatic rings. The second-order valence-electron chi connectivity index (χ2n) is 5.77. The van der Waals surface area contributed by atoms with Gasteiger partial charge >= 0.3 is 0 Å². The monoisotopic (exact) mass is 342 g/mol. The Bertz CT molecular complexity index is 806. The van der Waals surface area contributed by atoms with Crippen molar-refractivity contribution < 1.29 is 19.2 Å². The number of nitro benzene ring substituents is 1. The number of benzene rings is 2. The molecule has 1 N–H and O–H groups in total. The first-order chi connectivity index (χ1) is 12.1. The molecule has 0 saturated heterocycles. The Morgan fingerprint density at radius 2 is 2.16 bits per heavy atom. The van der Waals surface area contributed by atoms with E-state index < -0.39 is 4.92 Å². The van der Waals surface area contributed by atoms with Gasteiger partial charge in [0.2, 0.25) is 5.91 Å². The second-order valence-corrected chi connectivity index (χ2v) is 5.77. The van der Waals surface area contributed by atoms with Gasteiger partial charge in [-0.25, -0.2) is 0 Å². The zero-order valence-corrected chi connectivity index (χ0v) is 13.7. The Hall–Kier alpha value is -3.09. The number of amides is 1. The van der Waals surface area contributed by atoms with E-state index in [4.69, 9.17) is 9.47 Å². The van der Waals surface area contributed by atoms with Crippen LogP contribution < -0.4 is 14.8 Å². The molecule has 0 aromatic heterocycles. The zero-order valence-electron chi connectivity index (χ0n) is 13.7. The van der Waals surface area contributed by atoms with E-state index in [0.29, 0.717) is 18.0 Å². The average molecular weight is 342 g/mol. The summed E-state index contributed by atoms with van der Waals surface area (Å²) in [5.74, 6) is 1.01. The quantitative estimate of drug-likeness (QED) is 0.663. The largest absolute Gasteiger partial charge is 0.495 e. The van der Waals surface area contributed by atoms with Crippen LogP contribution in [0.5, 0.6) is 11.5 Å². The van der Waals surface area contributed by atoms with Crippen LogP contribution in [-0.4, -0.2) is 24.5 Å². The average Bonchev–Trinajstić information content (AvgIpc) is 2.62. The normalized spacial score (nSPS) is 15.6. The number of para-hydroxylation sites is 1. The van der Waals surface area contributed by atoms with Crippen LogP contribution >= 0.6 is 0 Å². The number of nitrogens with zero attached hydrogens (tertiary/aromatic N) is 1. The minimum absolute atomic E-state index is 0.0506. The zero-order chi connectivity index (χ0) is 17.8. The lowest BCUT2D eigenvalue weighted by Gasteiger charge is -2.25. The Balaban J connectivity index is 1.75. The number of anilines is 1. The summed E-state index contributed by atoms with van der Waals surface area (Å²) in [5.41, 5.74) is 1.20. The van der Waals surface area contributed by atoms with Crippen molar-refractivity contribution in [1.29, 1.82) is 0 Å². The first-order valence-corrected chi connectivity index (χ1v) is 7.92. The minimum Gasteiger partial charge on any atom is -0.495 e. The van der Waals surface area contributed by atoms with Gasteiger partial charge in [-0.3, -0.25) is 14.9 Å². The van der Waals surface area contributed by atoms with Crippen molar-refractivity contribution in [3.05, 3.63) is 58.1 Å². The van der Waals surface area contributed by atoms with E-state index in [-0.39, 0.29) is 23.9 Å². The number of ether oxygens (including phenoxy) is 2. The van der Waals surface area contributed by atoms with Gasteiger partial charge in [0, 0.05) is 18.6 Å². The summed E-state index contributed by atoms with van der Waals surface area (Å²) < 4.78 is 10.8. The summed E-state index contributed by atoms with van der Waals surface area (Å²) >= 11 is 0. The molecule has 25 heavy (non-hydrogen) atoms. The summed E-state index contributed by atoms with van der Waals surface area (Å²) in [4.78, 5) is 22.9. The van der Waals surface area contributed by atoms with Crippen LogP contribution in [0.15, 0.2) is 42.5 Å². The van der Waals surface area contributed by atoms with E-state index in [2.05, 4.69) is 5.32 Å². The van der Waals surface area contributed by atoms with E-state index in [0.717, 1.165) is 17.7 Å². The highest BCUT2D eigenvalue weighted by Gasteiger charge is 2.24. The number of hydrogen-bond donors (Lipinski definition) is 1. The Labute approximate surface area is 144 Å². The Morgan fingerprint density at radius 1 is 1.36 bits per heavy atom. The summed E-state index contributed by atoms with van der Waals surface area (Å²) in [5, 5.41) is 13.7. The lowest BCUT2D eigenvalue weighted by atomic mass is 9.90. The van der Waals surface area contributed by atoms with Gasteiger partial charge in [-0.05, 0) is 30.0 Å². The highest BCUT2D eigenvalue weighted by atomic mass is 16.6. The van der Waals surface area contributed by atoms with Gasteiger partial charge < -0.3 is 14.8 Å². The molecular formula is C18H18N2O5. The maximum absolute atomic E-state index is 12.5. The smallest absolute Gasteiger partial charge is 0.271 e. The van der Waals surface area contributed by atoms with Crippen molar-refractivity contribution in [3.63, 3.8) is 0 Å². The number of non-ortho nitro benzene ring substituents is 1. The third-order valence-electron chi connectivity index (χ3n) is 4.18. The number of hydrogen-bond acceptors (Lipinski definition) is 5. The molecule has 7 nitrogen and oxygen atoms in total. The molecule has 1 atom stereocenters. The van der Waals surface area contributed by atoms with Gasteiger partial charge in [-0.1, -0.05) is 18.2 Å². The molecule has 7 heteroatoms. The van der Waals surface area contributed by atoms with E-state index in [1.165, 1.54) is 25.3 Å². The number of rotatable bonds is 5. The van der Waals surface area contributed by atoms with Crippen LogP contribution in [0.4, 0.5) is 11.4 Å². The number of nitro groups is 1. The molecule has 0 spiro atoms. The van der Waals surface area contributed by atoms with Gasteiger partial charge in [-0.2, -0.15) is 0 Å². The Kier molecular flexibility index (Phi) is 4.83. The van der Waals surface area contributed by atoms with Gasteiger partial charge in [0.05, 0.1) is 24.3 Å². The summed E-state index contributed by atoms with van der Waals surface area (Å²) in [7, 11) is 1.45. The number of fused-ring (bicyclic) bond motifs is 1. The number of carbonyl (C=O) groups excluding carboxylic acids is 1. The summed E-state index contributed by atoms with van der Waals surface area (Å²) in [6, 6.07) is 11.8. The summed E-state index contributed by atoms with van der Waals surface area (Å²) in [6.45, 7) is 0.565. The minimum atomic E-state index is -0.510. The molecule has 2 aromatic rings. The van der Waals surface area contributed by atoms with Crippen LogP contribution in [0.25, 0.3) is 0 Å². The van der Waals surface area contributed by atoms with Crippen molar-refractivity contribution >= 4 is 17.3 Å². The molecule has 3 rings (SSSR count). The first-order valence-electron chi connectivity index (χ1n) is 7.92. The molecule has 0 bridgehead atoms. The molecule has 1 heterocycles. The fourth-order valence-corrected chi connectivity index (χ4v) is 2.96. The Morgan fingerprint density at radius 3 is 2.92 bits per heavy atom. The molecule has 1 aliphatic heterocycles. The van der Waals surface area contributed by atoms with Crippen molar-refractivity contribution in [2.75, 3.05) is 19.0 Å².